The van der Waals surface area contributed by atoms with Crippen LogP contribution in [0.25, 0.3) is 0 Å². The first-order valence-corrected chi connectivity index (χ1v) is 8.34. The van der Waals surface area contributed by atoms with Crippen molar-refractivity contribution in [3.63, 3.8) is 0 Å². The van der Waals surface area contributed by atoms with E-state index in [0.29, 0.717) is 5.96 Å². The lowest BCUT2D eigenvalue weighted by Crippen LogP contribution is -2.43. The summed E-state index contributed by atoms with van der Waals surface area (Å²) in [5.74, 6) is 0.609. The molecule has 1 aromatic heterocycles. The molecule has 2 aliphatic rings. The van der Waals surface area contributed by atoms with Gasteiger partial charge < -0.3 is 9.08 Å². The first kappa shape index (κ1) is 13.4. The van der Waals surface area contributed by atoms with Crippen LogP contribution in [-0.2, 0) is 16.7 Å². The third kappa shape index (κ3) is 2.52. The van der Waals surface area contributed by atoms with Gasteiger partial charge in [-0.3, -0.25) is 0 Å². The highest BCUT2D eigenvalue weighted by atomic mass is 32.2. The Hall–Kier alpha value is -1.57. The van der Waals surface area contributed by atoms with E-state index in [4.69, 9.17) is 4.18 Å². The maximum Gasteiger partial charge on any atom is 0.433 e. The fourth-order valence-corrected chi connectivity index (χ4v) is 3.31. The van der Waals surface area contributed by atoms with Gasteiger partial charge in [0.15, 0.2) is 0 Å². The Labute approximate surface area is 118 Å². The molecule has 20 heavy (non-hydrogen) atoms. The molecule has 1 aromatic rings. The molecule has 2 aliphatic heterocycles. The molecule has 8 heteroatoms. The van der Waals surface area contributed by atoms with Gasteiger partial charge >= 0.3 is 10.3 Å². The zero-order valence-electron chi connectivity index (χ0n) is 11.4. The van der Waals surface area contributed by atoms with Crippen LogP contribution in [0.3, 0.4) is 0 Å². The molecule has 3 heterocycles. The second-order valence-electron chi connectivity index (χ2n) is 5.09. The van der Waals surface area contributed by atoms with Gasteiger partial charge in [-0.25, -0.2) is 0 Å². The Balaban J connectivity index is 2.00. The zero-order valence-corrected chi connectivity index (χ0v) is 12.3. The third-order valence-electron chi connectivity index (χ3n) is 3.45. The summed E-state index contributed by atoms with van der Waals surface area (Å²) in [6, 6.07) is 1.68. The van der Waals surface area contributed by atoms with Crippen molar-refractivity contribution in [3.8, 4) is 5.88 Å². The zero-order chi connectivity index (χ0) is 14.2. The fraction of sp³-hybridized carbons (Fsp3) is 0.667. The molecule has 1 fully saturated rings. The molecule has 0 bridgehead atoms. The summed E-state index contributed by atoms with van der Waals surface area (Å²) < 4.78 is 33.7. The highest BCUT2D eigenvalue weighted by molar-refractivity contribution is 7.86. The van der Waals surface area contributed by atoms with Crippen LogP contribution >= 0.6 is 0 Å². The molecule has 0 amide bonds. The van der Waals surface area contributed by atoms with Crippen LogP contribution < -0.4 is 4.18 Å². The molecule has 0 N–H and O–H groups in total. The van der Waals surface area contributed by atoms with Gasteiger partial charge in [0.1, 0.15) is 0 Å². The van der Waals surface area contributed by atoms with E-state index in [1.165, 1.54) is 11.1 Å². The molecule has 0 spiro atoms. The number of aryl methyl sites for hydroxylation is 1. The maximum absolute atomic E-state index is 11.8. The second-order valence-corrected chi connectivity index (χ2v) is 6.29. The smallest absolute Gasteiger partial charge is 0.344 e. The van der Waals surface area contributed by atoms with Crippen LogP contribution in [0.15, 0.2) is 10.5 Å². The number of nitrogens with zero attached hydrogens (tertiary/aromatic N) is 4. The highest BCUT2D eigenvalue weighted by Crippen LogP contribution is 2.24. The van der Waals surface area contributed by atoms with Gasteiger partial charge in [0.25, 0.3) is 0 Å². The Kier molecular flexibility index (Phi) is 3.41. The number of hydrogen-bond acceptors (Lipinski definition) is 5. The largest absolute Gasteiger partial charge is 0.433 e. The Morgan fingerprint density at radius 3 is 2.75 bits per heavy atom. The maximum atomic E-state index is 11.8. The van der Waals surface area contributed by atoms with Crippen LogP contribution in [-0.4, -0.2) is 42.1 Å². The van der Waals surface area contributed by atoms with E-state index in [1.807, 2.05) is 4.90 Å². The highest BCUT2D eigenvalue weighted by Gasteiger charge is 2.30. The summed E-state index contributed by atoms with van der Waals surface area (Å²) in [4.78, 5) is 1.97. The predicted octanol–water partition coefficient (Wildman–Crippen LogP) is 1.16. The topological polar surface area (TPSA) is 76.8 Å². The number of fused-ring (bicyclic) bond motifs is 1. The van der Waals surface area contributed by atoms with E-state index in [0.717, 1.165) is 44.5 Å². The lowest BCUT2D eigenvalue weighted by Gasteiger charge is -2.30. The summed E-state index contributed by atoms with van der Waals surface area (Å²) in [6.45, 7) is 3.66. The first-order chi connectivity index (χ1) is 9.59. The monoisotopic (exact) mass is 298 g/mol. The molecule has 3 rings (SSSR count). The fourth-order valence-electron chi connectivity index (χ4n) is 2.54. The molecule has 0 aliphatic carbocycles. The van der Waals surface area contributed by atoms with Gasteiger partial charge in [0.2, 0.25) is 11.8 Å². The van der Waals surface area contributed by atoms with Crippen molar-refractivity contribution < 1.29 is 12.6 Å². The quantitative estimate of drug-likeness (QED) is 0.819. The van der Waals surface area contributed by atoms with Crippen LogP contribution in [0.1, 0.15) is 38.3 Å². The van der Waals surface area contributed by atoms with Crippen LogP contribution in [0.4, 0.5) is 0 Å². The Bertz CT molecular complexity index is 629. The van der Waals surface area contributed by atoms with Crippen LogP contribution in [0, 0.1) is 0 Å². The summed E-state index contributed by atoms with van der Waals surface area (Å²) in [5, 5.41) is 4.42. The van der Waals surface area contributed by atoms with E-state index < -0.39 is 10.3 Å². The van der Waals surface area contributed by atoms with Gasteiger partial charge in [-0.05, 0) is 25.7 Å². The van der Waals surface area contributed by atoms with Crippen molar-refractivity contribution >= 4 is 16.3 Å². The summed E-state index contributed by atoms with van der Waals surface area (Å²) in [6.07, 6.45) is 4.98. The molecule has 0 unspecified atom stereocenters. The van der Waals surface area contributed by atoms with Crippen molar-refractivity contribution in [1.82, 2.24) is 14.7 Å². The van der Waals surface area contributed by atoms with Gasteiger partial charge in [0, 0.05) is 19.2 Å². The van der Waals surface area contributed by atoms with E-state index in [2.05, 4.69) is 16.4 Å². The molecular formula is C12H18N4O3S. The van der Waals surface area contributed by atoms with E-state index in [9.17, 15) is 8.42 Å². The molecule has 0 radical (unpaired) electrons. The molecule has 1 saturated heterocycles. The van der Waals surface area contributed by atoms with Crippen molar-refractivity contribution in [2.24, 2.45) is 4.40 Å². The van der Waals surface area contributed by atoms with Crippen molar-refractivity contribution in [3.05, 3.63) is 11.8 Å². The number of rotatable bonds is 2. The van der Waals surface area contributed by atoms with Crippen molar-refractivity contribution in [2.75, 3.05) is 13.1 Å². The van der Waals surface area contributed by atoms with Gasteiger partial charge in [-0.15, -0.1) is 0 Å². The minimum Gasteiger partial charge on any atom is -0.344 e. The molecule has 110 valence electrons. The lowest BCUT2D eigenvalue weighted by molar-refractivity contribution is 0.324. The number of aromatic nitrogens is 2. The van der Waals surface area contributed by atoms with Crippen molar-refractivity contribution in [1.29, 1.82) is 0 Å². The first-order valence-electron chi connectivity index (χ1n) is 6.98. The molecular weight excluding hydrogens is 280 g/mol. The molecule has 7 nitrogen and oxygen atoms in total. The number of likely N-dealkylation sites (tertiary alicyclic amines) is 1. The van der Waals surface area contributed by atoms with E-state index in [-0.39, 0.29) is 5.88 Å². The van der Waals surface area contributed by atoms with Gasteiger partial charge in [-0.2, -0.15) is 18.2 Å². The second kappa shape index (κ2) is 5.08. The number of hydrogen-bond donors (Lipinski definition) is 0. The Morgan fingerprint density at radius 2 is 2.05 bits per heavy atom. The number of piperidine rings is 1. The van der Waals surface area contributed by atoms with Crippen LogP contribution in [0.2, 0.25) is 0 Å². The van der Waals surface area contributed by atoms with E-state index >= 15 is 0 Å². The summed E-state index contributed by atoms with van der Waals surface area (Å²) in [7, 11) is -3.91. The standard InChI is InChI=1S/C12H18N4O3S/c1-2-6-10-9-11-16(13-10)12(14-20(17,18)19-11)15-7-4-3-5-8-15/h9H,2-8H2,1H3. The average Bonchev–Trinajstić information content (AvgIpc) is 2.80. The Morgan fingerprint density at radius 1 is 1.30 bits per heavy atom. The molecule has 0 saturated carbocycles. The third-order valence-corrected chi connectivity index (χ3v) is 4.21. The van der Waals surface area contributed by atoms with Gasteiger partial charge in [0.05, 0.1) is 5.69 Å². The minimum absolute atomic E-state index is 0.240. The van der Waals surface area contributed by atoms with Crippen molar-refractivity contribution in [2.45, 2.75) is 39.0 Å². The van der Waals surface area contributed by atoms with Crippen LogP contribution in [0.5, 0.6) is 5.88 Å². The van der Waals surface area contributed by atoms with Gasteiger partial charge in [-0.1, -0.05) is 17.7 Å². The average molecular weight is 298 g/mol. The predicted molar refractivity (Wildman–Crippen MR) is 74.0 cm³/mol. The SMILES string of the molecule is CCCc1cc2n(n1)C(N1CCCCC1)=NS(=O)(=O)O2. The molecule has 0 atom stereocenters. The molecule has 0 aromatic carbocycles. The van der Waals surface area contributed by atoms with E-state index in [1.54, 1.807) is 6.07 Å². The summed E-state index contributed by atoms with van der Waals surface area (Å²) >= 11 is 0. The normalized spacial score (nSPS) is 21.1. The summed E-state index contributed by atoms with van der Waals surface area (Å²) in [5.41, 5.74) is 0.823. The minimum atomic E-state index is -3.91. The lowest BCUT2D eigenvalue weighted by atomic mass is 10.1.